The lowest BCUT2D eigenvalue weighted by molar-refractivity contribution is -0.0546. The minimum Gasteiger partial charge on any atom is -0.435 e. The molecule has 0 heterocycles. The molecule has 0 radical (unpaired) electrons. The largest absolute Gasteiger partial charge is 0.435 e. The maximum atomic E-state index is 12.3. The Balaban J connectivity index is 2.78. The van der Waals surface area contributed by atoms with E-state index in [9.17, 15) is 17.6 Å². The zero-order chi connectivity index (χ0) is 15.0. The van der Waals surface area contributed by atoms with Crippen molar-refractivity contribution in [2.75, 3.05) is 6.54 Å². The molecule has 0 fully saturated rings. The fourth-order valence-electron chi connectivity index (χ4n) is 1.43. The molecule has 0 bridgehead atoms. The van der Waals surface area contributed by atoms with Crippen LogP contribution >= 0.6 is 0 Å². The SMILES string of the molecule is N#CCCNCc1ccc(OC(F)F)cc1OC(F)F. The van der Waals surface area contributed by atoms with Crippen LogP contribution in [0, 0.1) is 11.3 Å². The third kappa shape index (κ3) is 5.75. The Bertz CT molecular complexity index is 463. The van der Waals surface area contributed by atoms with Crippen LogP contribution in [0.15, 0.2) is 18.2 Å². The van der Waals surface area contributed by atoms with Gasteiger partial charge in [-0.2, -0.15) is 22.8 Å². The van der Waals surface area contributed by atoms with Gasteiger partial charge in [-0.15, -0.1) is 0 Å². The van der Waals surface area contributed by atoms with Crippen LogP contribution < -0.4 is 14.8 Å². The molecule has 4 nitrogen and oxygen atoms in total. The molecule has 1 aromatic rings. The van der Waals surface area contributed by atoms with E-state index in [4.69, 9.17) is 5.26 Å². The molecule has 1 aromatic carbocycles. The minimum atomic E-state index is -3.07. The number of nitrogens with one attached hydrogen (secondary N) is 1. The van der Waals surface area contributed by atoms with Crippen molar-refractivity contribution in [1.82, 2.24) is 5.32 Å². The highest BCUT2D eigenvalue weighted by molar-refractivity contribution is 5.40. The fraction of sp³-hybridized carbons (Fsp3) is 0.417. The van der Waals surface area contributed by atoms with Gasteiger partial charge < -0.3 is 14.8 Å². The van der Waals surface area contributed by atoms with Crippen molar-refractivity contribution < 1.29 is 27.0 Å². The van der Waals surface area contributed by atoms with Gasteiger partial charge in [-0.3, -0.25) is 0 Å². The molecule has 0 aliphatic carbocycles. The van der Waals surface area contributed by atoms with Crippen LogP contribution in [0.5, 0.6) is 11.5 Å². The molecule has 0 aliphatic heterocycles. The Morgan fingerprint density at radius 2 is 1.85 bits per heavy atom. The van der Waals surface area contributed by atoms with E-state index in [-0.39, 0.29) is 24.5 Å². The Morgan fingerprint density at radius 1 is 1.15 bits per heavy atom. The summed E-state index contributed by atoms with van der Waals surface area (Å²) < 4.78 is 57.0. The van der Waals surface area contributed by atoms with Crippen LogP contribution in [-0.2, 0) is 6.54 Å². The van der Waals surface area contributed by atoms with Gasteiger partial charge in [-0.1, -0.05) is 6.07 Å². The highest BCUT2D eigenvalue weighted by Crippen LogP contribution is 2.27. The van der Waals surface area contributed by atoms with Crippen molar-refractivity contribution in [2.45, 2.75) is 26.2 Å². The summed E-state index contributed by atoms with van der Waals surface area (Å²) in [5, 5.41) is 11.2. The number of benzene rings is 1. The summed E-state index contributed by atoms with van der Waals surface area (Å²) in [6.45, 7) is -5.58. The first kappa shape index (κ1) is 16.0. The van der Waals surface area contributed by atoms with Crippen molar-refractivity contribution in [3.63, 3.8) is 0 Å². The Hall–Kier alpha value is -2.01. The van der Waals surface area contributed by atoms with E-state index in [1.807, 2.05) is 6.07 Å². The smallest absolute Gasteiger partial charge is 0.387 e. The van der Waals surface area contributed by atoms with Crippen molar-refractivity contribution >= 4 is 0 Å². The van der Waals surface area contributed by atoms with Gasteiger partial charge in [-0.05, 0) is 6.07 Å². The van der Waals surface area contributed by atoms with Crippen molar-refractivity contribution in [2.24, 2.45) is 0 Å². The van der Waals surface area contributed by atoms with Gasteiger partial charge >= 0.3 is 13.2 Å². The standard InChI is InChI=1S/C12H12F4N2O2/c13-11(14)19-9-3-2-8(7-18-5-1-4-17)10(6-9)20-12(15)16/h2-3,6,11-12,18H,1,5,7H2. The predicted molar refractivity (Wildman–Crippen MR) is 61.6 cm³/mol. The number of nitrogens with zero attached hydrogens (tertiary/aromatic N) is 1. The van der Waals surface area contributed by atoms with E-state index in [0.29, 0.717) is 12.1 Å². The average Bonchev–Trinajstić information content (AvgIpc) is 2.35. The first-order chi connectivity index (χ1) is 9.52. The molecule has 0 spiro atoms. The van der Waals surface area contributed by atoms with Crippen LogP contribution in [0.2, 0.25) is 0 Å². The maximum absolute atomic E-state index is 12.3. The van der Waals surface area contributed by atoms with Crippen molar-refractivity contribution in [3.8, 4) is 17.6 Å². The third-order valence-corrected chi connectivity index (χ3v) is 2.21. The second kappa shape index (κ2) is 8.22. The van der Waals surface area contributed by atoms with E-state index >= 15 is 0 Å². The molecule has 8 heteroatoms. The van der Waals surface area contributed by atoms with Crippen LogP contribution in [0.4, 0.5) is 17.6 Å². The van der Waals surface area contributed by atoms with Gasteiger partial charge in [0.25, 0.3) is 0 Å². The average molecular weight is 292 g/mol. The molecule has 0 saturated carbocycles. The van der Waals surface area contributed by atoms with Gasteiger partial charge in [0.05, 0.1) is 6.07 Å². The normalized spacial score (nSPS) is 10.7. The van der Waals surface area contributed by atoms with E-state index < -0.39 is 13.2 Å². The number of halogens is 4. The number of alkyl halides is 4. The van der Waals surface area contributed by atoms with Crippen LogP contribution in [0.1, 0.15) is 12.0 Å². The maximum Gasteiger partial charge on any atom is 0.387 e. The molecule has 110 valence electrons. The minimum absolute atomic E-state index is 0.165. The zero-order valence-corrected chi connectivity index (χ0v) is 10.3. The van der Waals surface area contributed by atoms with Gasteiger partial charge in [0, 0.05) is 31.1 Å². The molecule has 20 heavy (non-hydrogen) atoms. The van der Waals surface area contributed by atoms with E-state index in [1.165, 1.54) is 12.1 Å². The van der Waals surface area contributed by atoms with Gasteiger partial charge in [0.2, 0.25) is 0 Å². The monoisotopic (exact) mass is 292 g/mol. The lowest BCUT2D eigenvalue weighted by Crippen LogP contribution is -2.16. The second-order valence-electron chi connectivity index (χ2n) is 3.61. The number of nitriles is 1. The first-order valence-corrected chi connectivity index (χ1v) is 5.63. The molecule has 0 aromatic heterocycles. The quantitative estimate of drug-likeness (QED) is 0.591. The zero-order valence-electron chi connectivity index (χ0n) is 10.3. The summed E-state index contributed by atoms with van der Waals surface area (Å²) >= 11 is 0. The third-order valence-electron chi connectivity index (χ3n) is 2.21. The number of ether oxygens (including phenoxy) is 2. The Morgan fingerprint density at radius 3 is 2.45 bits per heavy atom. The molecule has 0 saturated heterocycles. The number of hydrogen-bond donors (Lipinski definition) is 1. The topological polar surface area (TPSA) is 54.3 Å². The highest BCUT2D eigenvalue weighted by atomic mass is 19.3. The molecule has 1 N–H and O–H groups in total. The molecule has 0 unspecified atom stereocenters. The van der Waals surface area contributed by atoms with Gasteiger partial charge in [0.15, 0.2) is 0 Å². The van der Waals surface area contributed by atoms with Crippen LogP contribution in [0.3, 0.4) is 0 Å². The summed E-state index contributed by atoms with van der Waals surface area (Å²) in [6, 6.07) is 5.46. The molecule has 0 aliphatic rings. The lowest BCUT2D eigenvalue weighted by Gasteiger charge is -2.13. The van der Waals surface area contributed by atoms with Crippen molar-refractivity contribution in [3.05, 3.63) is 23.8 Å². The van der Waals surface area contributed by atoms with Crippen LogP contribution in [-0.4, -0.2) is 19.8 Å². The first-order valence-electron chi connectivity index (χ1n) is 5.63. The molecular formula is C12H12F4N2O2. The predicted octanol–water partition coefficient (Wildman–Crippen LogP) is 2.89. The summed E-state index contributed by atoms with van der Waals surface area (Å²) in [5.74, 6) is -0.515. The molecule has 0 amide bonds. The summed E-state index contributed by atoms with van der Waals surface area (Å²) in [5.41, 5.74) is 0.352. The lowest BCUT2D eigenvalue weighted by atomic mass is 10.2. The number of hydrogen-bond acceptors (Lipinski definition) is 4. The highest BCUT2D eigenvalue weighted by Gasteiger charge is 2.13. The molecule has 0 atom stereocenters. The fourth-order valence-corrected chi connectivity index (χ4v) is 1.43. The van der Waals surface area contributed by atoms with Gasteiger partial charge in [0.1, 0.15) is 11.5 Å². The summed E-state index contributed by atoms with van der Waals surface area (Å²) in [7, 11) is 0. The second-order valence-corrected chi connectivity index (χ2v) is 3.61. The summed E-state index contributed by atoms with van der Waals surface area (Å²) in [4.78, 5) is 0. The number of rotatable bonds is 8. The summed E-state index contributed by atoms with van der Waals surface area (Å²) in [6.07, 6.45) is 0.262. The van der Waals surface area contributed by atoms with Crippen LogP contribution in [0.25, 0.3) is 0 Å². The van der Waals surface area contributed by atoms with E-state index in [1.54, 1.807) is 0 Å². The van der Waals surface area contributed by atoms with Gasteiger partial charge in [-0.25, -0.2) is 0 Å². The van der Waals surface area contributed by atoms with Crippen molar-refractivity contribution in [1.29, 1.82) is 5.26 Å². The molecular weight excluding hydrogens is 280 g/mol. The Kier molecular flexibility index (Phi) is 6.59. The Labute approximate surface area is 112 Å². The van der Waals surface area contributed by atoms with E-state index in [2.05, 4.69) is 14.8 Å². The molecule has 1 rings (SSSR count). The van der Waals surface area contributed by atoms with E-state index in [0.717, 1.165) is 6.07 Å².